The molecule has 0 radical (unpaired) electrons. The third kappa shape index (κ3) is 4.52. The third-order valence-corrected chi connectivity index (χ3v) is 4.02. The highest BCUT2D eigenvalue weighted by Crippen LogP contribution is 2.20. The van der Waals surface area contributed by atoms with Gasteiger partial charge in [0.05, 0.1) is 6.10 Å². The molecule has 2 rings (SSSR count). The van der Waals surface area contributed by atoms with Crippen molar-refractivity contribution >= 4 is 5.91 Å². The molecule has 6 nitrogen and oxygen atoms in total. The minimum absolute atomic E-state index is 0.159. The quantitative estimate of drug-likeness (QED) is 0.826. The lowest BCUT2D eigenvalue weighted by atomic mass is 10.0. The van der Waals surface area contributed by atoms with E-state index in [9.17, 15) is 9.90 Å². The number of likely N-dealkylation sites (tertiary alicyclic amines) is 1. The highest BCUT2D eigenvalue weighted by atomic mass is 16.5. The van der Waals surface area contributed by atoms with Crippen LogP contribution in [0.2, 0.25) is 0 Å². The largest absolute Gasteiger partial charge is 0.393 e. The van der Waals surface area contributed by atoms with Crippen LogP contribution in [-0.2, 0) is 17.6 Å². The maximum atomic E-state index is 12.1. The Labute approximate surface area is 125 Å². The number of amides is 1. The van der Waals surface area contributed by atoms with Gasteiger partial charge in [-0.2, -0.15) is 4.98 Å². The zero-order valence-electron chi connectivity index (χ0n) is 12.9. The molecular weight excluding hydrogens is 270 g/mol. The molecule has 1 aliphatic heterocycles. The Bertz CT molecular complexity index is 459. The van der Waals surface area contributed by atoms with Gasteiger partial charge in [0.15, 0.2) is 5.82 Å². The molecule has 1 amide bonds. The zero-order valence-corrected chi connectivity index (χ0v) is 12.9. The van der Waals surface area contributed by atoms with Crippen LogP contribution in [0.1, 0.15) is 51.2 Å². The summed E-state index contributed by atoms with van der Waals surface area (Å²) in [7, 11) is 0. The minimum atomic E-state index is -0.335. The number of hydrogen-bond acceptors (Lipinski definition) is 5. The Hall–Kier alpha value is -1.43. The first kappa shape index (κ1) is 15.9. The molecule has 2 unspecified atom stereocenters. The van der Waals surface area contributed by atoms with E-state index in [0.717, 1.165) is 38.1 Å². The van der Waals surface area contributed by atoms with Crippen molar-refractivity contribution in [2.24, 2.45) is 5.92 Å². The van der Waals surface area contributed by atoms with Crippen molar-refractivity contribution in [2.45, 2.75) is 58.5 Å². The molecular formula is C15H25N3O3. The number of aromatic nitrogens is 2. The molecule has 1 N–H and O–H groups in total. The van der Waals surface area contributed by atoms with Crippen molar-refractivity contribution in [1.29, 1.82) is 0 Å². The van der Waals surface area contributed by atoms with Crippen LogP contribution in [0.25, 0.3) is 0 Å². The molecule has 0 aromatic carbocycles. The number of carbonyl (C=O) groups is 1. The molecule has 1 fully saturated rings. The third-order valence-electron chi connectivity index (χ3n) is 4.02. The first-order valence-corrected chi connectivity index (χ1v) is 7.87. The van der Waals surface area contributed by atoms with Crippen LogP contribution in [0.3, 0.4) is 0 Å². The van der Waals surface area contributed by atoms with E-state index < -0.39 is 0 Å². The lowest BCUT2D eigenvalue weighted by Crippen LogP contribution is -2.30. The average molecular weight is 295 g/mol. The van der Waals surface area contributed by atoms with Crippen LogP contribution in [0.4, 0.5) is 0 Å². The summed E-state index contributed by atoms with van der Waals surface area (Å²) in [5.74, 6) is 1.75. The number of hydrogen-bond donors (Lipinski definition) is 1. The van der Waals surface area contributed by atoms with Crippen molar-refractivity contribution in [3.05, 3.63) is 11.7 Å². The van der Waals surface area contributed by atoms with Crippen LogP contribution in [0, 0.1) is 5.92 Å². The standard InChI is InChI=1S/C15H25N3O3/c1-3-5-13-16-14(21-17-13)6-4-7-15(20)18-9-8-12(10-18)11(2)19/h11-12,19H,3-10H2,1-2H3. The van der Waals surface area contributed by atoms with Crippen LogP contribution in [0.15, 0.2) is 4.52 Å². The summed E-state index contributed by atoms with van der Waals surface area (Å²) in [4.78, 5) is 18.2. The van der Waals surface area contributed by atoms with Crippen LogP contribution in [0.5, 0.6) is 0 Å². The number of aliphatic hydroxyl groups excluding tert-OH is 1. The topological polar surface area (TPSA) is 79.5 Å². The molecule has 0 bridgehead atoms. The second-order valence-corrected chi connectivity index (χ2v) is 5.84. The molecule has 1 aliphatic rings. The molecule has 2 atom stereocenters. The van der Waals surface area contributed by atoms with Gasteiger partial charge in [0, 0.05) is 38.3 Å². The summed E-state index contributed by atoms with van der Waals surface area (Å²) in [6.45, 7) is 5.31. The summed E-state index contributed by atoms with van der Waals surface area (Å²) < 4.78 is 5.15. The van der Waals surface area contributed by atoms with Crippen molar-refractivity contribution in [1.82, 2.24) is 15.0 Å². The van der Waals surface area contributed by atoms with E-state index in [1.165, 1.54) is 0 Å². The van der Waals surface area contributed by atoms with E-state index in [1.807, 2.05) is 4.90 Å². The first-order chi connectivity index (χ1) is 10.1. The van der Waals surface area contributed by atoms with Crippen molar-refractivity contribution in [2.75, 3.05) is 13.1 Å². The van der Waals surface area contributed by atoms with Crippen molar-refractivity contribution in [3.8, 4) is 0 Å². The average Bonchev–Trinajstić information content (AvgIpc) is 3.08. The predicted molar refractivity (Wildman–Crippen MR) is 77.6 cm³/mol. The van der Waals surface area contributed by atoms with Gasteiger partial charge in [-0.25, -0.2) is 0 Å². The second kappa shape index (κ2) is 7.54. The van der Waals surface area contributed by atoms with Gasteiger partial charge in [0.25, 0.3) is 0 Å². The number of rotatable bonds is 7. The summed E-state index contributed by atoms with van der Waals surface area (Å²) >= 11 is 0. The fourth-order valence-corrected chi connectivity index (χ4v) is 2.67. The fourth-order valence-electron chi connectivity index (χ4n) is 2.67. The number of carbonyl (C=O) groups excluding carboxylic acids is 1. The van der Waals surface area contributed by atoms with E-state index in [1.54, 1.807) is 6.92 Å². The Morgan fingerprint density at radius 3 is 3.00 bits per heavy atom. The normalized spacial score (nSPS) is 20.0. The molecule has 0 saturated carbocycles. The zero-order chi connectivity index (χ0) is 15.2. The number of aliphatic hydroxyl groups is 1. The molecule has 118 valence electrons. The van der Waals surface area contributed by atoms with Gasteiger partial charge in [-0.15, -0.1) is 0 Å². The van der Waals surface area contributed by atoms with E-state index in [2.05, 4.69) is 17.1 Å². The van der Waals surface area contributed by atoms with E-state index in [-0.39, 0.29) is 17.9 Å². The van der Waals surface area contributed by atoms with Gasteiger partial charge in [0.2, 0.25) is 11.8 Å². The van der Waals surface area contributed by atoms with E-state index >= 15 is 0 Å². The molecule has 1 aromatic rings. The monoisotopic (exact) mass is 295 g/mol. The second-order valence-electron chi connectivity index (χ2n) is 5.84. The fraction of sp³-hybridized carbons (Fsp3) is 0.800. The van der Waals surface area contributed by atoms with E-state index in [4.69, 9.17) is 4.52 Å². The van der Waals surface area contributed by atoms with E-state index in [0.29, 0.717) is 25.3 Å². The summed E-state index contributed by atoms with van der Waals surface area (Å²) in [6, 6.07) is 0. The van der Waals surface area contributed by atoms with Gasteiger partial charge in [-0.1, -0.05) is 12.1 Å². The van der Waals surface area contributed by atoms with Gasteiger partial charge in [-0.3, -0.25) is 4.79 Å². The predicted octanol–water partition coefficient (Wildman–Crippen LogP) is 1.57. The summed E-state index contributed by atoms with van der Waals surface area (Å²) in [5, 5.41) is 13.5. The highest BCUT2D eigenvalue weighted by Gasteiger charge is 2.28. The Balaban J connectivity index is 1.69. The molecule has 1 saturated heterocycles. The van der Waals surface area contributed by atoms with Crippen LogP contribution >= 0.6 is 0 Å². The van der Waals surface area contributed by atoms with Gasteiger partial charge < -0.3 is 14.5 Å². The van der Waals surface area contributed by atoms with Gasteiger partial charge in [-0.05, 0) is 26.2 Å². The lowest BCUT2D eigenvalue weighted by Gasteiger charge is -2.17. The molecule has 1 aromatic heterocycles. The Kier molecular flexibility index (Phi) is 5.73. The smallest absolute Gasteiger partial charge is 0.226 e. The maximum absolute atomic E-state index is 12.1. The van der Waals surface area contributed by atoms with Gasteiger partial charge >= 0.3 is 0 Å². The first-order valence-electron chi connectivity index (χ1n) is 7.87. The molecule has 0 spiro atoms. The minimum Gasteiger partial charge on any atom is -0.393 e. The van der Waals surface area contributed by atoms with Crippen LogP contribution < -0.4 is 0 Å². The highest BCUT2D eigenvalue weighted by molar-refractivity contribution is 5.76. The molecule has 2 heterocycles. The lowest BCUT2D eigenvalue weighted by molar-refractivity contribution is -0.130. The number of nitrogens with zero attached hydrogens (tertiary/aromatic N) is 3. The summed E-state index contributed by atoms with van der Waals surface area (Å²) in [5.41, 5.74) is 0. The van der Waals surface area contributed by atoms with Crippen LogP contribution in [-0.4, -0.2) is 45.2 Å². The van der Waals surface area contributed by atoms with Crippen molar-refractivity contribution < 1.29 is 14.4 Å². The molecule has 21 heavy (non-hydrogen) atoms. The number of aryl methyl sites for hydroxylation is 2. The summed E-state index contributed by atoms with van der Waals surface area (Å²) in [6.07, 6.45) is 4.26. The molecule has 0 aliphatic carbocycles. The SMILES string of the molecule is CCCc1noc(CCCC(=O)N2CCC(C(C)O)C2)n1. The Morgan fingerprint density at radius 2 is 2.33 bits per heavy atom. The molecule has 6 heteroatoms. The maximum Gasteiger partial charge on any atom is 0.226 e. The Morgan fingerprint density at radius 1 is 1.52 bits per heavy atom. The van der Waals surface area contributed by atoms with Gasteiger partial charge in [0.1, 0.15) is 0 Å². The van der Waals surface area contributed by atoms with Crippen molar-refractivity contribution in [3.63, 3.8) is 0 Å².